The van der Waals surface area contributed by atoms with Crippen molar-refractivity contribution < 1.29 is 9.90 Å². The summed E-state index contributed by atoms with van der Waals surface area (Å²) in [5.41, 5.74) is 3.37. The number of pyridine rings is 1. The Bertz CT molecular complexity index is 704. The van der Waals surface area contributed by atoms with Gasteiger partial charge in [0, 0.05) is 32.8 Å². The number of nitrogens with zero attached hydrogens (tertiary/aromatic N) is 1. The van der Waals surface area contributed by atoms with Crippen LogP contribution < -0.4 is 16.0 Å². The molecule has 1 aromatic carbocycles. The van der Waals surface area contributed by atoms with Gasteiger partial charge in [-0.05, 0) is 48.6 Å². The van der Waals surface area contributed by atoms with E-state index in [9.17, 15) is 4.79 Å². The number of carbonyl (C=O) groups is 1. The lowest BCUT2D eigenvalue weighted by molar-refractivity contribution is -0.136. The third-order valence-corrected chi connectivity index (χ3v) is 4.52. The molecule has 0 aliphatic heterocycles. The summed E-state index contributed by atoms with van der Waals surface area (Å²) < 4.78 is 0. The quantitative estimate of drug-likeness (QED) is 0.429. The maximum absolute atomic E-state index is 10.6. The van der Waals surface area contributed by atoms with Crippen LogP contribution in [0.4, 0.5) is 11.5 Å². The highest BCUT2D eigenvalue weighted by Crippen LogP contribution is 2.17. The minimum absolute atomic E-state index is 0.180. The molecular weight excluding hydrogens is 340 g/mol. The summed E-state index contributed by atoms with van der Waals surface area (Å²) in [5, 5.41) is 18.7. The SMILES string of the molecule is CNc1ncccc1NCCCNCC(C)c1ccc(CCC(=O)O)cc1. The van der Waals surface area contributed by atoms with E-state index in [1.165, 1.54) is 5.56 Å². The number of hydrogen-bond donors (Lipinski definition) is 4. The molecule has 0 aliphatic rings. The molecule has 0 bridgehead atoms. The van der Waals surface area contributed by atoms with Gasteiger partial charge in [-0.15, -0.1) is 0 Å². The highest BCUT2D eigenvalue weighted by Gasteiger charge is 2.06. The van der Waals surface area contributed by atoms with Crippen molar-refractivity contribution in [1.82, 2.24) is 10.3 Å². The first kappa shape index (κ1) is 20.7. The fraction of sp³-hybridized carbons (Fsp3) is 0.429. The van der Waals surface area contributed by atoms with Crippen molar-refractivity contribution in [1.29, 1.82) is 0 Å². The van der Waals surface area contributed by atoms with Crippen molar-refractivity contribution in [2.24, 2.45) is 0 Å². The molecular formula is C21H30N4O2. The zero-order valence-electron chi connectivity index (χ0n) is 16.2. The fourth-order valence-electron chi connectivity index (χ4n) is 2.88. The standard InChI is InChI=1S/C21H30N4O2/c1-16(18-9-6-17(7-10-18)8-11-20(26)27)15-23-12-4-14-24-19-5-3-13-25-21(19)22-2/h3,5-7,9-10,13,16,23-24H,4,8,11-12,14-15H2,1-2H3,(H,22,25)(H,26,27). The number of rotatable bonds is 12. The molecule has 27 heavy (non-hydrogen) atoms. The summed E-state index contributed by atoms with van der Waals surface area (Å²) in [6.45, 7) is 4.96. The molecule has 0 radical (unpaired) electrons. The minimum atomic E-state index is -0.753. The van der Waals surface area contributed by atoms with Crippen molar-refractivity contribution in [3.8, 4) is 0 Å². The molecule has 6 heteroatoms. The summed E-state index contributed by atoms with van der Waals surface area (Å²) >= 11 is 0. The number of carboxylic acid groups (broad SMARTS) is 1. The van der Waals surface area contributed by atoms with Gasteiger partial charge in [-0.2, -0.15) is 0 Å². The molecule has 0 saturated heterocycles. The number of aryl methyl sites for hydroxylation is 1. The van der Waals surface area contributed by atoms with Crippen molar-refractivity contribution in [2.45, 2.75) is 32.1 Å². The Labute approximate surface area is 161 Å². The van der Waals surface area contributed by atoms with E-state index in [4.69, 9.17) is 5.11 Å². The number of aliphatic carboxylic acids is 1. The average Bonchev–Trinajstić information content (AvgIpc) is 2.69. The molecule has 0 spiro atoms. The first-order valence-electron chi connectivity index (χ1n) is 9.48. The maximum Gasteiger partial charge on any atom is 0.303 e. The Hall–Kier alpha value is -2.60. The molecule has 0 aliphatic carbocycles. The minimum Gasteiger partial charge on any atom is -0.481 e. The van der Waals surface area contributed by atoms with Crippen LogP contribution in [0.25, 0.3) is 0 Å². The van der Waals surface area contributed by atoms with E-state index in [2.05, 4.69) is 40.0 Å². The molecule has 146 valence electrons. The van der Waals surface area contributed by atoms with Crippen LogP contribution in [0.15, 0.2) is 42.6 Å². The Balaban J connectivity index is 1.64. The summed E-state index contributed by atoms with van der Waals surface area (Å²) in [5.74, 6) is 0.531. The normalized spacial score (nSPS) is 11.8. The van der Waals surface area contributed by atoms with Gasteiger partial charge in [0.05, 0.1) is 5.69 Å². The van der Waals surface area contributed by atoms with Crippen LogP contribution in [-0.2, 0) is 11.2 Å². The lowest BCUT2D eigenvalue weighted by Crippen LogP contribution is -2.23. The third kappa shape index (κ3) is 7.27. The van der Waals surface area contributed by atoms with Crippen LogP contribution in [0.3, 0.4) is 0 Å². The van der Waals surface area contributed by atoms with Crippen molar-refractivity contribution >= 4 is 17.5 Å². The number of hydrogen-bond acceptors (Lipinski definition) is 5. The smallest absolute Gasteiger partial charge is 0.303 e. The number of aromatic nitrogens is 1. The zero-order valence-corrected chi connectivity index (χ0v) is 16.2. The molecule has 0 fully saturated rings. The second-order valence-corrected chi connectivity index (χ2v) is 6.67. The summed E-state index contributed by atoms with van der Waals surface area (Å²) in [7, 11) is 1.87. The highest BCUT2D eigenvalue weighted by molar-refractivity contribution is 5.67. The topological polar surface area (TPSA) is 86.3 Å². The van der Waals surface area contributed by atoms with Gasteiger partial charge < -0.3 is 21.1 Å². The molecule has 6 nitrogen and oxygen atoms in total. The molecule has 1 aromatic heterocycles. The van der Waals surface area contributed by atoms with Crippen LogP contribution >= 0.6 is 0 Å². The van der Waals surface area contributed by atoms with E-state index in [-0.39, 0.29) is 6.42 Å². The number of nitrogens with one attached hydrogen (secondary N) is 3. The molecule has 0 amide bonds. The second kappa shape index (κ2) is 11.2. The molecule has 1 atom stereocenters. The Morgan fingerprint density at radius 1 is 1.19 bits per heavy atom. The molecule has 2 rings (SSSR count). The van der Waals surface area contributed by atoms with E-state index in [1.54, 1.807) is 6.20 Å². The molecule has 4 N–H and O–H groups in total. The van der Waals surface area contributed by atoms with E-state index in [0.29, 0.717) is 12.3 Å². The first-order valence-corrected chi connectivity index (χ1v) is 9.48. The maximum atomic E-state index is 10.6. The second-order valence-electron chi connectivity index (χ2n) is 6.67. The number of benzene rings is 1. The van der Waals surface area contributed by atoms with Gasteiger partial charge in [0.25, 0.3) is 0 Å². The van der Waals surface area contributed by atoms with Crippen molar-refractivity contribution in [3.63, 3.8) is 0 Å². The van der Waals surface area contributed by atoms with Crippen LogP contribution in [0.2, 0.25) is 0 Å². The largest absolute Gasteiger partial charge is 0.481 e. The van der Waals surface area contributed by atoms with Gasteiger partial charge in [0.2, 0.25) is 0 Å². The third-order valence-electron chi connectivity index (χ3n) is 4.52. The van der Waals surface area contributed by atoms with E-state index >= 15 is 0 Å². The van der Waals surface area contributed by atoms with Gasteiger partial charge in [0.15, 0.2) is 0 Å². The highest BCUT2D eigenvalue weighted by atomic mass is 16.4. The Kier molecular flexibility index (Phi) is 8.58. The van der Waals surface area contributed by atoms with Crippen molar-refractivity contribution in [3.05, 3.63) is 53.7 Å². The van der Waals surface area contributed by atoms with E-state index in [0.717, 1.165) is 43.1 Å². The van der Waals surface area contributed by atoms with Gasteiger partial charge in [-0.1, -0.05) is 31.2 Å². The van der Waals surface area contributed by atoms with Crippen LogP contribution in [0.5, 0.6) is 0 Å². The number of carboxylic acids is 1. The molecule has 1 unspecified atom stereocenters. The lowest BCUT2D eigenvalue weighted by atomic mass is 9.98. The fourth-order valence-corrected chi connectivity index (χ4v) is 2.88. The first-order chi connectivity index (χ1) is 13.1. The summed E-state index contributed by atoms with van der Waals surface area (Å²) in [4.78, 5) is 14.9. The lowest BCUT2D eigenvalue weighted by Gasteiger charge is -2.14. The molecule has 1 heterocycles. The average molecular weight is 370 g/mol. The predicted molar refractivity (Wildman–Crippen MR) is 111 cm³/mol. The Morgan fingerprint density at radius 2 is 1.96 bits per heavy atom. The van der Waals surface area contributed by atoms with Crippen molar-refractivity contribution in [2.75, 3.05) is 37.3 Å². The monoisotopic (exact) mass is 370 g/mol. The zero-order chi connectivity index (χ0) is 19.5. The predicted octanol–water partition coefficient (Wildman–Crippen LogP) is 3.34. The van der Waals surface area contributed by atoms with Crippen LogP contribution in [-0.4, -0.2) is 42.7 Å². The molecule has 0 saturated carbocycles. The summed E-state index contributed by atoms with van der Waals surface area (Å²) in [6, 6.07) is 12.2. The van der Waals surface area contributed by atoms with Gasteiger partial charge in [0.1, 0.15) is 5.82 Å². The van der Waals surface area contributed by atoms with Crippen LogP contribution in [0.1, 0.15) is 36.8 Å². The van der Waals surface area contributed by atoms with E-state index in [1.807, 2.05) is 31.3 Å². The Morgan fingerprint density at radius 3 is 2.67 bits per heavy atom. The molecule has 2 aromatic rings. The van der Waals surface area contributed by atoms with Gasteiger partial charge in [-0.3, -0.25) is 4.79 Å². The van der Waals surface area contributed by atoms with Gasteiger partial charge >= 0.3 is 5.97 Å². The number of anilines is 2. The van der Waals surface area contributed by atoms with E-state index < -0.39 is 5.97 Å². The summed E-state index contributed by atoms with van der Waals surface area (Å²) in [6.07, 6.45) is 3.57. The van der Waals surface area contributed by atoms with Crippen LogP contribution in [0, 0.1) is 0 Å². The van der Waals surface area contributed by atoms with Gasteiger partial charge in [-0.25, -0.2) is 4.98 Å².